The topological polar surface area (TPSA) is 18.5 Å². The van der Waals surface area contributed by atoms with E-state index >= 15 is 0 Å². The maximum absolute atomic E-state index is 5.68. The molecule has 0 N–H and O–H groups in total. The van der Waals surface area contributed by atoms with Gasteiger partial charge in [-0.25, -0.2) is 0 Å². The monoisotopic (exact) mass is 194 g/mol. The number of rotatable bonds is 3. The first-order valence-electron chi connectivity index (χ1n) is 4.70. The van der Waals surface area contributed by atoms with Gasteiger partial charge < -0.3 is 9.47 Å². The average molecular weight is 194 g/mol. The van der Waals surface area contributed by atoms with Gasteiger partial charge in [-0.15, -0.1) is 0 Å². The normalized spacial score (nSPS) is 31.5. The van der Waals surface area contributed by atoms with Gasteiger partial charge in [0.25, 0.3) is 0 Å². The number of hydrogen-bond acceptors (Lipinski definition) is 2. The van der Waals surface area contributed by atoms with Gasteiger partial charge in [-0.05, 0) is 37.5 Å². The Labute approximate surface area is 85.9 Å². The van der Waals surface area contributed by atoms with E-state index in [2.05, 4.69) is 19.7 Å². The molecule has 2 atom stereocenters. The zero-order valence-corrected chi connectivity index (χ0v) is 9.17. The minimum absolute atomic E-state index is 0.0887. The first-order chi connectivity index (χ1) is 6.43. The van der Waals surface area contributed by atoms with Gasteiger partial charge in [0, 0.05) is 0 Å². The lowest BCUT2D eigenvalue weighted by molar-refractivity contribution is -0.0293. The van der Waals surface area contributed by atoms with Crippen LogP contribution in [0.25, 0.3) is 0 Å². The van der Waals surface area contributed by atoms with E-state index in [4.69, 9.17) is 9.47 Å². The fourth-order valence-corrected chi connectivity index (χ4v) is 1.42. The molecule has 0 radical (unpaired) electrons. The molecular formula is C12H18O2. The molecule has 0 bridgehead atoms. The Morgan fingerprint density at radius 3 is 1.36 bits per heavy atom. The SMILES string of the molecule is C=C(C)C1OC(C(=C)C)C(C(=C)C)O1. The molecule has 0 saturated carbocycles. The van der Waals surface area contributed by atoms with Crippen LogP contribution in [0.5, 0.6) is 0 Å². The van der Waals surface area contributed by atoms with Crippen LogP contribution in [0.3, 0.4) is 0 Å². The number of ether oxygens (including phenoxy) is 2. The Balaban J connectivity index is 2.80. The van der Waals surface area contributed by atoms with Crippen LogP contribution in [-0.4, -0.2) is 18.5 Å². The fraction of sp³-hybridized carbons (Fsp3) is 0.500. The molecule has 1 saturated heterocycles. The van der Waals surface area contributed by atoms with Crippen LogP contribution >= 0.6 is 0 Å². The van der Waals surface area contributed by atoms with Crippen LogP contribution in [0, 0.1) is 0 Å². The van der Waals surface area contributed by atoms with Crippen molar-refractivity contribution in [3.63, 3.8) is 0 Å². The Kier molecular flexibility index (Phi) is 3.29. The first-order valence-corrected chi connectivity index (χ1v) is 4.70. The summed E-state index contributed by atoms with van der Waals surface area (Å²) in [6.07, 6.45) is -0.498. The second kappa shape index (κ2) is 4.11. The van der Waals surface area contributed by atoms with E-state index < -0.39 is 0 Å². The largest absolute Gasteiger partial charge is 0.338 e. The van der Waals surface area contributed by atoms with Crippen LogP contribution in [0.15, 0.2) is 36.5 Å². The molecule has 1 heterocycles. The molecule has 0 spiro atoms. The fourth-order valence-electron chi connectivity index (χ4n) is 1.42. The van der Waals surface area contributed by atoms with Crippen molar-refractivity contribution in [2.45, 2.75) is 39.3 Å². The van der Waals surface area contributed by atoms with E-state index in [1.54, 1.807) is 0 Å². The zero-order chi connectivity index (χ0) is 10.9. The van der Waals surface area contributed by atoms with Crippen LogP contribution in [0.2, 0.25) is 0 Å². The smallest absolute Gasteiger partial charge is 0.180 e. The van der Waals surface area contributed by atoms with Crippen molar-refractivity contribution in [2.75, 3.05) is 0 Å². The van der Waals surface area contributed by atoms with Crippen molar-refractivity contribution in [2.24, 2.45) is 0 Å². The van der Waals surface area contributed by atoms with Crippen LogP contribution in [0.1, 0.15) is 20.8 Å². The van der Waals surface area contributed by atoms with E-state index in [1.165, 1.54) is 0 Å². The standard InChI is InChI=1S/C12H18O2/c1-7(2)10-11(8(3)4)14-12(13-10)9(5)6/h10-12H,1,3,5H2,2,4,6H3. The highest BCUT2D eigenvalue weighted by atomic mass is 16.7. The molecule has 1 aliphatic heterocycles. The maximum atomic E-state index is 5.68. The molecule has 0 aromatic rings. The molecule has 0 aliphatic carbocycles. The molecular weight excluding hydrogens is 176 g/mol. The van der Waals surface area contributed by atoms with Crippen LogP contribution in [0.4, 0.5) is 0 Å². The summed E-state index contributed by atoms with van der Waals surface area (Å²) in [4.78, 5) is 0. The van der Waals surface area contributed by atoms with Gasteiger partial charge in [0.2, 0.25) is 0 Å². The highest BCUT2D eigenvalue weighted by Gasteiger charge is 2.37. The predicted molar refractivity (Wildman–Crippen MR) is 58.0 cm³/mol. The van der Waals surface area contributed by atoms with E-state index in [-0.39, 0.29) is 18.5 Å². The molecule has 0 amide bonds. The van der Waals surface area contributed by atoms with Gasteiger partial charge >= 0.3 is 0 Å². The molecule has 1 fully saturated rings. The minimum atomic E-state index is -0.321. The zero-order valence-electron chi connectivity index (χ0n) is 9.17. The summed E-state index contributed by atoms with van der Waals surface area (Å²) >= 11 is 0. The van der Waals surface area contributed by atoms with Crippen molar-refractivity contribution in [1.82, 2.24) is 0 Å². The van der Waals surface area contributed by atoms with Crippen molar-refractivity contribution >= 4 is 0 Å². The van der Waals surface area contributed by atoms with Gasteiger partial charge in [0.05, 0.1) is 0 Å². The Bertz CT molecular complexity index is 256. The lowest BCUT2D eigenvalue weighted by Gasteiger charge is -2.16. The molecule has 14 heavy (non-hydrogen) atoms. The van der Waals surface area contributed by atoms with Crippen LogP contribution in [-0.2, 0) is 9.47 Å². The molecule has 2 nitrogen and oxygen atoms in total. The van der Waals surface area contributed by atoms with Crippen molar-refractivity contribution < 1.29 is 9.47 Å². The molecule has 1 aliphatic rings. The predicted octanol–water partition coefficient (Wildman–Crippen LogP) is 2.82. The molecule has 0 aromatic carbocycles. The summed E-state index contributed by atoms with van der Waals surface area (Å²) in [5.74, 6) is 0. The van der Waals surface area contributed by atoms with Gasteiger partial charge in [0.15, 0.2) is 6.29 Å². The number of hydrogen-bond donors (Lipinski definition) is 0. The molecule has 2 heteroatoms. The minimum Gasteiger partial charge on any atom is -0.338 e. The highest BCUT2D eigenvalue weighted by Crippen LogP contribution is 2.30. The quantitative estimate of drug-likeness (QED) is 0.643. The summed E-state index contributed by atoms with van der Waals surface area (Å²) < 4.78 is 11.4. The lowest BCUT2D eigenvalue weighted by Crippen LogP contribution is -2.23. The third-order valence-electron chi connectivity index (χ3n) is 2.19. The Morgan fingerprint density at radius 2 is 1.14 bits per heavy atom. The summed E-state index contributed by atoms with van der Waals surface area (Å²) in [5.41, 5.74) is 2.79. The maximum Gasteiger partial charge on any atom is 0.180 e. The van der Waals surface area contributed by atoms with Gasteiger partial charge in [-0.1, -0.05) is 19.7 Å². The van der Waals surface area contributed by atoms with Crippen molar-refractivity contribution in [3.8, 4) is 0 Å². The average Bonchev–Trinajstić information content (AvgIpc) is 2.47. The van der Waals surface area contributed by atoms with E-state index in [9.17, 15) is 0 Å². The second-order valence-corrected chi connectivity index (χ2v) is 3.98. The highest BCUT2D eigenvalue weighted by molar-refractivity contribution is 5.16. The van der Waals surface area contributed by atoms with Gasteiger partial charge in [-0.3, -0.25) is 0 Å². The van der Waals surface area contributed by atoms with E-state index in [0.29, 0.717) is 0 Å². The van der Waals surface area contributed by atoms with E-state index in [1.807, 2.05) is 20.8 Å². The van der Waals surface area contributed by atoms with Gasteiger partial charge in [-0.2, -0.15) is 0 Å². The summed E-state index contributed by atoms with van der Waals surface area (Å²) in [6.45, 7) is 17.4. The first kappa shape index (κ1) is 11.2. The molecule has 78 valence electrons. The third-order valence-corrected chi connectivity index (χ3v) is 2.19. The molecule has 1 rings (SSSR count). The van der Waals surface area contributed by atoms with Crippen molar-refractivity contribution in [1.29, 1.82) is 0 Å². The summed E-state index contributed by atoms with van der Waals surface area (Å²) in [7, 11) is 0. The van der Waals surface area contributed by atoms with E-state index in [0.717, 1.165) is 16.7 Å². The summed E-state index contributed by atoms with van der Waals surface area (Å²) in [5, 5.41) is 0. The Hall–Kier alpha value is -0.860. The van der Waals surface area contributed by atoms with Crippen LogP contribution < -0.4 is 0 Å². The molecule has 2 unspecified atom stereocenters. The summed E-state index contributed by atoms with van der Waals surface area (Å²) in [6, 6.07) is 0. The lowest BCUT2D eigenvalue weighted by atomic mass is 10.0. The Morgan fingerprint density at radius 1 is 0.786 bits per heavy atom. The van der Waals surface area contributed by atoms with Gasteiger partial charge in [0.1, 0.15) is 12.2 Å². The third kappa shape index (κ3) is 2.14. The van der Waals surface area contributed by atoms with Crippen molar-refractivity contribution in [3.05, 3.63) is 36.5 Å². The molecule has 0 aromatic heterocycles. The second-order valence-electron chi connectivity index (χ2n) is 3.98.